The van der Waals surface area contributed by atoms with E-state index >= 15 is 0 Å². The van der Waals surface area contributed by atoms with Crippen molar-refractivity contribution in [1.29, 1.82) is 0 Å². The first-order valence-electron chi connectivity index (χ1n) is 6.92. The first-order valence-corrected chi connectivity index (χ1v) is 8.95. The number of rotatable bonds is 6. The molecule has 1 aromatic carbocycles. The van der Waals surface area contributed by atoms with Crippen LogP contribution in [0.25, 0.3) is 0 Å². The molecule has 23 heavy (non-hydrogen) atoms. The Hall–Kier alpha value is -1.15. The molecule has 1 aromatic heterocycles. The van der Waals surface area contributed by atoms with E-state index < -0.39 is 9.84 Å². The topological polar surface area (TPSA) is 101 Å². The maximum absolute atomic E-state index is 12.3. The van der Waals surface area contributed by atoms with Crippen molar-refractivity contribution in [2.24, 2.45) is 5.92 Å². The van der Waals surface area contributed by atoms with Gasteiger partial charge < -0.3 is 22.6 Å². The van der Waals surface area contributed by atoms with Crippen LogP contribution in [0.3, 0.4) is 0 Å². The smallest absolute Gasteiger partial charge is 0.336 e. The molecule has 128 valence electrons. The molecular formula is C14H19Cl2N3O3S. The van der Waals surface area contributed by atoms with Crippen LogP contribution in [0, 0.1) is 5.92 Å². The lowest BCUT2D eigenvalue weighted by Crippen LogP contribution is -3.00. The Morgan fingerprint density at radius 2 is 1.91 bits per heavy atom. The highest BCUT2D eigenvalue weighted by atomic mass is 35.5. The van der Waals surface area contributed by atoms with Gasteiger partial charge in [0.15, 0.2) is 6.04 Å². The summed E-state index contributed by atoms with van der Waals surface area (Å²) in [5, 5.41) is 7.46. The van der Waals surface area contributed by atoms with Crippen molar-refractivity contribution in [3.63, 3.8) is 0 Å². The average Bonchev–Trinajstić information content (AvgIpc) is 2.91. The van der Waals surface area contributed by atoms with Crippen LogP contribution in [0.5, 0.6) is 0 Å². The van der Waals surface area contributed by atoms with Crippen molar-refractivity contribution in [3.05, 3.63) is 40.7 Å². The maximum Gasteiger partial charge on any atom is 0.336 e. The van der Waals surface area contributed by atoms with Gasteiger partial charge in [-0.3, -0.25) is 0 Å². The summed E-state index contributed by atoms with van der Waals surface area (Å²) >= 11 is 5.99. The van der Waals surface area contributed by atoms with Gasteiger partial charge in [0.1, 0.15) is 0 Å². The van der Waals surface area contributed by atoms with Gasteiger partial charge in [0.25, 0.3) is 5.89 Å². The summed E-state index contributed by atoms with van der Waals surface area (Å²) in [5.74, 6) is 0.365. The summed E-state index contributed by atoms with van der Waals surface area (Å²) in [6.07, 6.45) is 0.742. The molecule has 9 heteroatoms. The summed E-state index contributed by atoms with van der Waals surface area (Å²) < 4.78 is 30.0. The fraction of sp³-hybridized carbons (Fsp3) is 0.429. The monoisotopic (exact) mass is 379 g/mol. The second kappa shape index (κ2) is 8.10. The summed E-state index contributed by atoms with van der Waals surface area (Å²) in [4.78, 5) is 0. The standard InChI is InChI=1S/C14H18ClN3O3S.ClH/c1-9(2)7-12(16)13-17-18-14(21-13)22(19,20)8-10-5-3-4-6-11(10)15;/h3-6,9,12H,7-8,16H2,1-2H3;1H/t12-;/m0./s1. The molecule has 1 heterocycles. The second-order valence-electron chi connectivity index (χ2n) is 5.58. The van der Waals surface area contributed by atoms with Gasteiger partial charge in [0.2, 0.25) is 9.84 Å². The van der Waals surface area contributed by atoms with Gasteiger partial charge in [-0.15, -0.1) is 5.10 Å². The van der Waals surface area contributed by atoms with Crippen LogP contribution < -0.4 is 18.1 Å². The van der Waals surface area contributed by atoms with Crippen LogP contribution in [-0.4, -0.2) is 18.6 Å². The van der Waals surface area contributed by atoms with Gasteiger partial charge in [-0.1, -0.05) is 48.7 Å². The average molecular weight is 380 g/mol. The van der Waals surface area contributed by atoms with Gasteiger partial charge in [-0.05, 0) is 17.5 Å². The lowest BCUT2D eigenvalue weighted by atomic mass is 10.1. The molecule has 0 radical (unpaired) electrons. The molecule has 6 nitrogen and oxygen atoms in total. The van der Waals surface area contributed by atoms with E-state index in [4.69, 9.17) is 16.0 Å². The molecule has 0 unspecified atom stereocenters. The maximum atomic E-state index is 12.3. The Morgan fingerprint density at radius 1 is 1.26 bits per heavy atom. The number of nitrogens with zero attached hydrogens (tertiary/aromatic N) is 2. The second-order valence-corrected chi connectivity index (χ2v) is 7.86. The lowest BCUT2D eigenvalue weighted by Gasteiger charge is -2.06. The van der Waals surface area contributed by atoms with Gasteiger partial charge in [0.05, 0.1) is 5.75 Å². The van der Waals surface area contributed by atoms with E-state index in [-0.39, 0.29) is 35.3 Å². The third-order valence-electron chi connectivity index (χ3n) is 3.10. The summed E-state index contributed by atoms with van der Waals surface area (Å²) in [5.41, 5.74) is 4.43. The van der Waals surface area contributed by atoms with E-state index in [1.165, 1.54) is 0 Å². The van der Waals surface area contributed by atoms with Gasteiger partial charge >= 0.3 is 5.22 Å². The van der Waals surface area contributed by atoms with Crippen molar-refractivity contribution in [2.75, 3.05) is 0 Å². The first-order chi connectivity index (χ1) is 10.3. The molecule has 0 spiro atoms. The van der Waals surface area contributed by atoms with E-state index in [0.29, 0.717) is 16.5 Å². The zero-order valence-corrected chi connectivity index (χ0v) is 15.2. The van der Waals surface area contributed by atoms with Crippen LogP contribution in [0.1, 0.15) is 37.8 Å². The number of halogens is 2. The van der Waals surface area contributed by atoms with Crippen molar-refractivity contribution < 1.29 is 31.0 Å². The normalized spacial score (nSPS) is 12.9. The molecule has 1 atom stereocenters. The zero-order chi connectivity index (χ0) is 16.3. The van der Waals surface area contributed by atoms with Crippen molar-refractivity contribution in [1.82, 2.24) is 10.2 Å². The van der Waals surface area contributed by atoms with Crippen LogP contribution in [-0.2, 0) is 15.6 Å². The number of benzene rings is 1. The van der Waals surface area contributed by atoms with Crippen molar-refractivity contribution in [2.45, 2.75) is 37.3 Å². The number of hydrogen-bond donors (Lipinski definition) is 1. The van der Waals surface area contributed by atoms with Crippen LogP contribution in [0.4, 0.5) is 0 Å². The Bertz CT molecular complexity index is 747. The van der Waals surface area contributed by atoms with E-state index in [1.54, 1.807) is 24.3 Å². The fourth-order valence-corrected chi connectivity index (χ4v) is 3.51. The molecule has 0 aliphatic heterocycles. The lowest BCUT2D eigenvalue weighted by molar-refractivity contribution is -0.435. The highest BCUT2D eigenvalue weighted by molar-refractivity contribution is 7.90. The first kappa shape index (κ1) is 19.9. The van der Waals surface area contributed by atoms with Crippen molar-refractivity contribution in [3.8, 4) is 0 Å². The highest BCUT2D eigenvalue weighted by Crippen LogP contribution is 2.23. The van der Waals surface area contributed by atoms with E-state index in [9.17, 15) is 8.42 Å². The molecule has 0 saturated carbocycles. The van der Waals surface area contributed by atoms with Crippen LogP contribution >= 0.6 is 11.6 Å². The van der Waals surface area contributed by atoms with Crippen LogP contribution in [0.2, 0.25) is 5.02 Å². The minimum atomic E-state index is -3.73. The molecule has 2 aromatic rings. The Balaban J connectivity index is 0.00000264. The largest absolute Gasteiger partial charge is 1.00 e. The summed E-state index contributed by atoms with van der Waals surface area (Å²) in [6, 6.07) is 6.53. The molecular weight excluding hydrogens is 361 g/mol. The molecule has 0 fully saturated rings. The third-order valence-corrected chi connectivity index (χ3v) is 4.85. The Labute approximate surface area is 146 Å². The number of hydrogen-bond acceptors (Lipinski definition) is 5. The zero-order valence-electron chi connectivity index (χ0n) is 12.9. The Kier molecular flexibility index (Phi) is 7.01. The van der Waals surface area contributed by atoms with Gasteiger partial charge in [-0.25, -0.2) is 8.42 Å². The van der Waals surface area contributed by atoms with E-state index in [0.717, 1.165) is 6.42 Å². The predicted octanol–water partition coefficient (Wildman–Crippen LogP) is -0.970. The van der Waals surface area contributed by atoms with Crippen molar-refractivity contribution >= 4 is 21.4 Å². The van der Waals surface area contributed by atoms with Gasteiger partial charge in [-0.2, -0.15) is 0 Å². The van der Waals surface area contributed by atoms with E-state index in [2.05, 4.69) is 15.9 Å². The predicted molar refractivity (Wildman–Crippen MR) is 81.7 cm³/mol. The Morgan fingerprint density at radius 3 is 2.52 bits per heavy atom. The SMILES string of the molecule is CC(C)C[C@H]([NH3+])c1nnc(S(=O)(=O)Cc2ccccc2Cl)o1.[Cl-]. The molecule has 3 N–H and O–H groups in total. The molecule has 2 rings (SSSR count). The summed E-state index contributed by atoms with van der Waals surface area (Å²) in [7, 11) is -3.73. The molecule has 0 saturated heterocycles. The van der Waals surface area contributed by atoms with Gasteiger partial charge in [0, 0.05) is 11.4 Å². The fourth-order valence-electron chi connectivity index (χ4n) is 2.06. The highest BCUT2D eigenvalue weighted by Gasteiger charge is 2.27. The quantitative estimate of drug-likeness (QED) is 0.695. The van der Waals surface area contributed by atoms with Crippen LogP contribution in [0.15, 0.2) is 33.9 Å². The minimum Gasteiger partial charge on any atom is -1.00 e. The number of sulfone groups is 1. The third kappa shape index (κ3) is 5.17. The summed E-state index contributed by atoms with van der Waals surface area (Å²) in [6.45, 7) is 4.09. The number of aromatic nitrogens is 2. The molecule has 0 amide bonds. The van der Waals surface area contributed by atoms with E-state index in [1.807, 2.05) is 13.8 Å². The molecule has 0 aliphatic carbocycles. The minimum absolute atomic E-state index is 0. The molecule has 0 bridgehead atoms. The number of quaternary nitrogens is 1. The molecule has 0 aliphatic rings.